The highest BCUT2D eigenvalue weighted by molar-refractivity contribution is 7.99. The van der Waals surface area contributed by atoms with Gasteiger partial charge in [-0.25, -0.2) is 0 Å². The molecular formula is C9H18N2S. The zero-order valence-electron chi connectivity index (χ0n) is 7.97. The maximum absolute atomic E-state index is 8.61. The van der Waals surface area contributed by atoms with Crippen molar-refractivity contribution in [2.24, 2.45) is 5.73 Å². The van der Waals surface area contributed by atoms with E-state index in [-0.39, 0.29) is 0 Å². The molecule has 0 spiro atoms. The van der Waals surface area contributed by atoms with Crippen molar-refractivity contribution >= 4 is 11.8 Å². The largest absolute Gasteiger partial charge is 0.314 e. The van der Waals surface area contributed by atoms with Gasteiger partial charge in [0.2, 0.25) is 0 Å². The van der Waals surface area contributed by atoms with Crippen LogP contribution in [0.15, 0.2) is 0 Å². The Kier molecular flexibility index (Phi) is 6.23. The average molecular weight is 186 g/mol. The van der Waals surface area contributed by atoms with Gasteiger partial charge >= 0.3 is 0 Å². The fraction of sp³-hybridized carbons (Fsp3) is 0.889. The van der Waals surface area contributed by atoms with Gasteiger partial charge < -0.3 is 5.73 Å². The molecule has 0 rings (SSSR count). The van der Waals surface area contributed by atoms with Crippen molar-refractivity contribution in [1.82, 2.24) is 0 Å². The summed E-state index contributed by atoms with van der Waals surface area (Å²) in [6.07, 6.45) is 3.08. The summed E-state index contributed by atoms with van der Waals surface area (Å²) in [5, 5.41) is 8.61. The van der Waals surface area contributed by atoms with Crippen LogP contribution in [-0.4, -0.2) is 17.0 Å². The highest BCUT2D eigenvalue weighted by Crippen LogP contribution is 2.11. The molecule has 0 aliphatic carbocycles. The second kappa shape index (κ2) is 6.33. The van der Waals surface area contributed by atoms with Crippen molar-refractivity contribution in [2.45, 2.75) is 38.6 Å². The van der Waals surface area contributed by atoms with Gasteiger partial charge in [-0.3, -0.25) is 0 Å². The van der Waals surface area contributed by atoms with Crippen LogP contribution in [0.1, 0.15) is 33.1 Å². The van der Waals surface area contributed by atoms with Crippen LogP contribution in [0.2, 0.25) is 0 Å². The van der Waals surface area contributed by atoms with Gasteiger partial charge in [-0.2, -0.15) is 17.0 Å². The van der Waals surface area contributed by atoms with Gasteiger partial charge in [-0.15, -0.1) is 0 Å². The smallest absolute Gasteiger partial charge is 0.101 e. The zero-order chi connectivity index (χ0) is 9.45. The highest BCUT2D eigenvalue weighted by atomic mass is 32.2. The molecule has 1 unspecified atom stereocenters. The van der Waals surface area contributed by atoms with E-state index in [0.717, 1.165) is 18.6 Å². The Hall–Kier alpha value is -0.200. The first-order valence-corrected chi connectivity index (χ1v) is 5.55. The highest BCUT2D eigenvalue weighted by Gasteiger charge is 2.15. The van der Waals surface area contributed by atoms with Crippen LogP contribution >= 0.6 is 11.8 Å². The third-order valence-corrected chi connectivity index (χ3v) is 2.86. The van der Waals surface area contributed by atoms with E-state index in [4.69, 9.17) is 11.0 Å². The van der Waals surface area contributed by atoms with Crippen LogP contribution in [0, 0.1) is 11.3 Å². The van der Waals surface area contributed by atoms with Gasteiger partial charge in [0.1, 0.15) is 5.54 Å². The summed E-state index contributed by atoms with van der Waals surface area (Å²) in [6.45, 7) is 3.97. The maximum atomic E-state index is 8.61. The minimum atomic E-state index is -0.618. The SMILES string of the molecule is CCCSCCCC(C)(N)C#N. The minimum Gasteiger partial charge on any atom is -0.314 e. The van der Waals surface area contributed by atoms with E-state index in [0.29, 0.717) is 0 Å². The molecular weight excluding hydrogens is 168 g/mol. The van der Waals surface area contributed by atoms with Crippen molar-refractivity contribution in [3.63, 3.8) is 0 Å². The normalized spacial score (nSPS) is 15.2. The van der Waals surface area contributed by atoms with Crippen LogP contribution in [0.25, 0.3) is 0 Å². The van der Waals surface area contributed by atoms with Crippen LogP contribution < -0.4 is 5.73 Å². The molecule has 0 bridgehead atoms. The fourth-order valence-corrected chi connectivity index (χ4v) is 1.69. The summed E-state index contributed by atoms with van der Waals surface area (Å²) < 4.78 is 0. The predicted molar refractivity (Wildman–Crippen MR) is 55.1 cm³/mol. The van der Waals surface area contributed by atoms with Gasteiger partial charge in [0, 0.05) is 0 Å². The Morgan fingerprint density at radius 1 is 1.50 bits per heavy atom. The molecule has 0 saturated heterocycles. The third kappa shape index (κ3) is 6.51. The molecule has 0 aliphatic rings. The number of rotatable bonds is 6. The summed E-state index contributed by atoms with van der Waals surface area (Å²) in [5.41, 5.74) is 5.04. The Labute approximate surface area is 79.5 Å². The summed E-state index contributed by atoms with van der Waals surface area (Å²) in [5.74, 6) is 2.34. The van der Waals surface area contributed by atoms with Crippen molar-refractivity contribution in [3.8, 4) is 6.07 Å². The van der Waals surface area contributed by atoms with Crippen molar-refractivity contribution in [1.29, 1.82) is 5.26 Å². The van der Waals surface area contributed by atoms with E-state index in [1.54, 1.807) is 6.92 Å². The Balaban J connectivity index is 3.27. The lowest BCUT2D eigenvalue weighted by Crippen LogP contribution is -2.33. The summed E-state index contributed by atoms with van der Waals surface area (Å²) in [7, 11) is 0. The van der Waals surface area contributed by atoms with Gasteiger partial charge in [0.25, 0.3) is 0 Å². The van der Waals surface area contributed by atoms with Crippen LogP contribution in [0.5, 0.6) is 0 Å². The lowest BCUT2D eigenvalue weighted by atomic mass is 10.0. The number of nitriles is 1. The average Bonchev–Trinajstić information content (AvgIpc) is 2.04. The molecule has 12 heavy (non-hydrogen) atoms. The van der Waals surface area contributed by atoms with E-state index in [1.165, 1.54) is 12.2 Å². The summed E-state index contributed by atoms with van der Waals surface area (Å²) >= 11 is 1.94. The quantitative estimate of drug-likeness (QED) is 0.647. The van der Waals surface area contributed by atoms with E-state index < -0.39 is 5.54 Å². The van der Waals surface area contributed by atoms with Crippen molar-refractivity contribution < 1.29 is 0 Å². The molecule has 2 N–H and O–H groups in total. The first-order chi connectivity index (χ1) is 5.62. The molecule has 2 nitrogen and oxygen atoms in total. The van der Waals surface area contributed by atoms with Gasteiger partial charge in [0.15, 0.2) is 0 Å². The van der Waals surface area contributed by atoms with Gasteiger partial charge in [0.05, 0.1) is 6.07 Å². The first-order valence-electron chi connectivity index (χ1n) is 4.40. The molecule has 0 aliphatic heterocycles. The molecule has 3 heteroatoms. The lowest BCUT2D eigenvalue weighted by molar-refractivity contribution is 0.540. The van der Waals surface area contributed by atoms with E-state index >= 15 is 0 Å². The number of hydrogen-bond acceptors (Lipinski definition) is 3. The van der Waals surface area contributed by atoms with Crippen LogP contribution in [0.4, 0.5) is 0 Å². The van der Waals surface area contributed by atoms with E-state index in [2.05, 4.69) is 13.0 Å². The minimum absolute atomic E-state index is 0.618. The topological polar surface area (TPSA) is 49.8 Å². The Bertz CT molecular complexity index is 149. The molecule has 0 saturated carbocycles. The van der Waals surface area contributed by atoms with Crippen LogP contribution in [-0.2, 0) is 0 Å². The number of nitrogens with zero attached hydrogens (tertiary/aromatic N) is 1. The second-order valence-electron chi connectivity index (χ2n) is 3.25. The monoisotopic (exact) mass is 186 g/mol. The molecule has 0 amide bonds. The summed E-state index contributed by atoms with van der Waals surface area (Å²) in [4.78, 5) is 0. The summed E-state index contributed by atoms with van der Waals surface area (Å²) in [6, 6.07) is 2.10. The molecule has 1 atom stereocenters. The molecule has 0 fully saturated rings. The van der Waals surface area contributed by atoms with E-state index in [9.17, 15) is 0 Å². The van der Waals surface area contributed by atoms with Crippen molar-refractivity contribution in [3.05, 3.63) is 0 Å². The fourth-order valence-electron chi connectivity index (χ4n) is 0.844. The Morgan fingerprint density at radius 2 is 2.17 bits per heavy atom. The molecule has 0 aromatic carbocycles. The molecule has 0 aromatic heterocycles. The van der Waals surface area contributed by atoms with Crippen LogP contribution in [0.3, 0.4) is 0 Å². The number of thioether (sulfide) groups is 1. The molecule has 70 valence electrons. The van der Waals surface area contributed by atoms with Crippen molar-refractivity contribution in [2.75, 3.05) is 11.5 Å². The zero-order valence-corrected chi connectivity index (χ0v) is 8.78. The lowest BCUT2D eigenvalue weighted by Gasteiger charge is -2.13. The van der Waals surface area contributed by atoms with Gasteiger partial charge in [-0.1, -0.05) is 6.92 Å². The van der Waals surface area contributed by atoms with Gasteiger partial charge in [-0.05, 0) is 37.7 Å². The maximum Gasteiger partial charge on any atom is 0.101 e. The molecule has 0 heterocycles. The standard InChI is InChI=1S/C9H18N2S/c1-3-6-12-7-4-5-9(2,11)8-10/h3-7,11H2,1-2H3. The van der Waals surface area contributed by atoms with E-state index in [1.807, 2.05) is 11.8 Å². The number of nitrogens with two attached hydrogens (primary N) is 1. The number of hydrogen-bond donors (Lipinski definition) is 1. The second-order valence-corrected chi connectivity index (χ2v) is 4.47. The predicted octanol–water partition coefficient (Wildman–Crippen LogP) is 2.15. The third-order valence-electron chi connectivity index (χ3n) is 1.59. The Morgan fingerprint density at radius 3 is 2.67 bits per heavy atom. The first kappa shape index (κ1) is 11.8. The molecule has 0 radical (unpaired) electrons. The molecule has 0 aromatic rings.